The third kappa shape index (κ3) is 5.13. The lowest BCUT2D eigenvalue weighted by Gasteiger charge is -2.38. The number of likely N-dealkylation sites (tertiary alicyclic amines) is 1. The van der Waals surface area contributed by atoms with Gasteiger partial charge in [0.05, 0.1) is 30.0 Å². The molecule has 0 spiro atoms. The Kier molecular flexibility index (Phi) is 7.44. The summed E-state index contributed by atoms with van der Waals surface area (Å²) in [5, 5.41) is 2.53. The van der Waals surface area contributed by atoms with Gasteiger partial charge in [-0.2, -0.15) is 0 Å². The Labute approximate surface area is 210 Å². The zero-order chi connectivity index (χ0) is 25.9. The molecule has 1 saturated heterocycles. The number of carbonyl (C=O) groups excluding carboxylic acids is 3. The highest BCUT2D eigenvalue weighted by Gasteiger charge is 2.39. The zero-order valence-electron chi connectivity index (χ0n) is 20.2. The van der Waals surface area contributed by atoms with E-state index in [9.17, 15) is 22.8 Å². The van der Waals surface area contributed by atoms with Gasteiger partial charge in [0.25, 0.3) is 10.0 Å². The van der Waals surface area contributed by atoms with Crippen molar-refractivity contribution in [1.82, 2.24) is 14.5 Å². The van der Waals surface area contributed by atoms with E-state index < -0.39 is 27.9 Å². The summed E-state index contributed by atoms with van der Waals surface area (Å²) >= 11 is 0. The number of hydrogen-bond donors (Lipinski definition) is 1. The lowest BCUT2D eigenvalue weighted by atomic mass is 9.93. The fourth-order valence-electron chi connectivity index (χ4n) is 4.59. The molecule has 2 aliphatic heterocycles. The number of piperidine rings is 1. The summed E-state index contributed by atoms with van der Waals surface area (Å²) in [6.07, 6.45) is 4.72. The third-order valence-electron chi connectivity index (χ3n) is 6.56. The average Bonchev–Trinajstić information content (AvgIpc) is 2.89. The van der Waals surface area contributed by atoms with Gasteiger partial charge >= 0.3 is 5.97 Å². The number of hydrogen-bond acceptors (Lipinski definition) is 6. The van der Waals surface area contributed by atoms with Crippen LogP contribution in [0.3, 0.4) is 0 Å². The molecule has 0 aliphatic carbocycles. The van der Waals surface area contributed by atoms with Crippen LogP contribution in [-0.2, 0) is 24.3 Å². The van der Waals surface area contributed by atoms with E-state index in [1.165, 1.54) is 31.6 Å². The Hall–Kier alpha value is -3.66. The molecule has 190 valence electrons. The molecular weight excluding hydrogens is 482 g/mol. The van der Waals surface area contributed by atoms with Gasteiger partial charge < -0.3 is 15.0 Å². The molecule has 1 fully saturated rings. The van der Waals surface area contributed by atoms with Gasteiger partial charge in [-0.05, 0) is 56.0 Å². The third-order valence-corrected chi connectivity index (χ3v) is 8.36. The number of nitrogens with one attached hydrogen (secondary N) is 1. The first kappa shape index (κ1) is 25.4. The number of benzene rings is 2. The maximum absolute atomic E-state index is 13.5. The monoisotopic (exact) mass is 511 g/mol. The smallest absolute Gasteiger partial charge is 0.337 e. The first-order valence-electron chi connectivity index (χ1n) is 11.8. The standard InChI is InChI=1S/C26H29N3O6S/c1-18-6-12-21(13-7-18)36(33,34)29-16-14-27-25(31)23(29)17-24(30)28-15-4-3-5-22(28)19-8-10-20(11-9-19)26(32)35-2/h6-14,16,22-23H,3-5,15,17H2,1-2H3,(H,27,31)/t22-,23+/m0/s1. The average molecular weight is 512 g/mol. The van der Waals surface area contributed by atoms with Gasteiger partial charge in [0.2, 0.25) is 11.8 Å². The maximum atomic E-state index is 13.5. The summed E-state index contributed by atoms with van der Waals surface area (Å²) in [5.74, 6) is -1.31. The number of ether oxygens (including phenoxy) is 1. The molecule has 2 amide bonds. The first-order chi connectivity index (χ1) is 17.2. The predicted octanol–water partition coefficient (Wildman–Crippen LogP) is 2.89. The lowest BCUT2D eigenvalue weighted by molar-refractivity contribution is -0.138. The molecule has 36 heavy (non-hydrogen) atoms. The second-order valence-electron chi connectivity index (χ2n) is 8.90. The van der Waals surface area contributed by atoms with Crippen LogP contribution in [0.5, 0.6) is 0 Å². The molecule has 9 nitrogen and oxygen atoms in total. The highest BCUT2D eigenvalue weighted by Crippen LogP contribution is 2.33. The Bertz CT molecular complexity index is 1270. The van der Waals surface area contributed by atoms with Crippen molar-refractivity contribution in [3.63, 3.8) is 0 Å². The topological polar surface area (TPSA) is 113 Å². The number of rotatable bonds is 6. The van der Waals surface area contributed by atoms with Gasteiger partial charge in [0.1, 0.15) is 6.04 Å². The highest BCUT2D eigenvalue weighted by molar-refractivity contribution is 7.89. The number of esters is 1. The van der Waals surface area contributed by atoms with E-state index in [0.29, 0.717) is 12.1 Å². The molecule has 0 saturated carbocycles. The highest BCUT2D eigenvalue weighted by atomic mass is 32.2. The minimum atomic E-state index is -4.05. The largest absolute Gasteiger partial charge is 0.465 e. The fraction of sp³-hybridized carbons (Fsp3) is 0.346. The van der Waals surface area contributed by atoms with Crippen molar-refractivity contribution < 1.29 is 27.5 Å². The fourth-order valence-corrected chi connectivity index (χ4v) is 6.04. The zero-order valence-corrected chi connectivity index (χ0v) is 21.0. The summed E-state index contributed by atoms with van der Waals surface area (Å²) in [6.45, 7) is 2.35. The van der Waals surface area contributed by atoms with Crippen molar-refractivity contribution in [3.8, 4) is 0 Å². The number of methoxy groups -OCH3 is 1. The molecule has 2 heterocycles. The molecule has 10 heteroatoms. The van der Waals surface area contributed by atoms with Gasteiger partial charge in [-0.1, -0.05) is 29.8 Å². The van der Waals surface area contributed by atoms with Crippen molar-refractivity contribution >= 4 is 27.8 Å². The summed E-state index contributed by atoms with van der Waals surface area (Å²) in [6, 6.07) is 11.8. The second kappa shape index (κ2) is 10.5. The molecule has 0 bridgehead atoms. The molecule has 2 aromatic rings. The van der Waals surface area contributed by atoms with Crippen molar-refractivity contribution in [2.24, 2.45) is 0 Å². The van der Waals surface area contributed by atoms with Gasteiger partial charge in [0.15, 0.2) is 0 Å². The summed E-state index contributed by atoms with van der Waals surface area (Å²) in [4.78, 5) is 39.8. The minimum absolute atomic E-state index is 0.0476. The maximum Gasteiger partial charge on any atom is 0.337 e. The minimum Gasteiger partial charge on any atom is -0.465 e. The number of aryl methyl sites for hydroxylation is 1. The van der Waals surface area contributed by atoms with E-state index in [0.717, 1.165) is 34.7 Å². The van der Waals surface area contributed by atoms with Crippen LogP contribution in [0.15, 0.2) is 65.8 Å². The van der Waals surface area contributed by atoms with Crippen LogP contribution in [0.4, 0.5) is 0 Å². The number of carbonyl (C=O) groups is 3. The normalized spacial score (nSPS) is 20.1. The van der Waals surface area contributed by atoms with E-state index in [1.807, 2.05) is 6.92 Å². The van der Waals surface area contributed by atoms with Gasteiger partial charge in [0, 0.05) is 18.9 Å². The van der Waals surface area contributed by atoms with Crippen molar-refractivity contribution in [3.05, 3.63) is 77.6 Å². The summed E-state index contributed by atoms with van der Waals surface area (Å²) < 4.78 is 32.4. The molecule has 0 unspecified atom stereocenters. The Morgan fingerprint density at radius 3 is 2.42 bits per heavy atom. The number of nitrogens with zero attached hydrogens (tertiary/aromatic N) is 2. The molecule has 0 aromatic heterocycles. The van der Waals surface area contributed by atoms with Crippen LogP contribution < -0.4 is 5.32 Å². The van der Waals surface area contributed by atoms with Gasteiger partial charge in [-0.3, -0.25) is 13.9 Å². The van der Waals surface area contributed by atoms with Crippen LogP contribution in [0, 0.1) is 6.92 Å². The van der Waals surface area contributed by atoms with Gasteiger partial charge in [-0.25, -0.2) is 13.2 Å². The predicted molar refractivity (Wildman–Crippen MR) is 132 cm³/mol. The van der Waals surface area contributed by atoms with E-state index in [-0.39, 0.29) is 23.3 Å². The Balaban J connectivity index is 1.57. The second-order valence-corrected chi connectivity index (χ2v) is 10.7. The van der Waals surface area contributed by atoms with Crippen LogP contribution in [0.2, 0.25) is 0 Å². The molecule has 2 aromatic carbocycles. The van der Waals surface area contributed by atoms with Crippen molar-refractivity contribution in [2.75, 3.05) is 13.7 Å². The molecule has 4 rings (SSSR count). The molecule has 2 atom stereocenters. The quantitative estimate of drug-likeness (QED) is 0.597. The van der Waals surface area contributed by atoms with E-state index in [1.54, 1.807) is 41.3 Å². The van der Waals surface area contributed by atoms with Crippen molar-refractivity contribution in [2.45, 2.75) is 49.6 Å². The van der Waals surface area contributed by atoms with Crippen LogP contribution >= 0.6 is 0 Å². The Morgan fingerprint density at radius 2 is 1.75 bits per heavy atom. The molecule has 1 N–H and O–H groups in total. The number of sulfonamides is 1. The SMILES string of the molecule is COC(=O)c1ccc([C@@H]2CCCCN2C(=O)C[C@@H]2C(=O)NC=CN2S(=O)(=O)c2ccc(C)cc2)cc1. The van der Waals surface area contributed by atoms with E-state index >= 15 is 0 Å². The lowest BCUT2D eigenvalue weighted by Crippen LogP contribution is -2.52. The number of amides is 2. The van der Waals surface area contributed by atoms with Crippen LogP contribution in [0.1, 0.15) is 53.2 Å². The Morgan fingerprint density at radius 1 is 1.06 bits per heavy atom. The molecular formula is C26H29N3O6S. The van der Waals surface area contributed by atoms with Crippen LogP contribution in [-0.4, -0.2) is 55.1 Å². The summed E-state index contributed by atoms with van der Waals surface area (Å²) in [5.41, 5.74) is 2.19. The van der Waals surface area contributed by atoms with E-state index in [2.05, 4.69) is 5.32 Å². The van der Waals surface area contributed by atoms with Crippen molar-refractivity contribution in [1.29, 1.82) is 0 Å². The summed E-state index contributed by atoms with van der Waals surface area (Å²) in [7, 11) is -2.73. The molecule has 0 radical (unpaired) electrons. The van der Waals surface area contributed by atoms with E-state index in [4.69, 9.17) is 4.74 Å². The van der Waals surface area contributed by atoms with Gasteiger partial charge in [-0.15, -0.1) is 0 Å². The first-order valence-corrected chi connectivity index (χ1v) is 13.2. The van der Waals surface area contributed by atoms with Crippen LogP contribution in [0.25, 0.3) is 0 Å². The molecule has 2 aliphatic rings.